The first-order valence-corrected chi connectivity index (χ1v) is 6.80. The van der Waals surface area contributed by atoms with Crippen molar-refractivity contribution < 1.29 is 13.2 Å². The summed E-state index contributed by atoms with van der Waals surface area (Å²) in [5, 5.41) is 7.64. The highest BCUT2D eigenvalue weighted by atomic mass is 32.2. The number of hydrogen-bond donors (Lipinski definition) is 2. The summed E-state index contributed by atoms with van der Waals surface area (Å²) in [4.78, 5) is 11.8. The monoisotopic (exact) mass is 254 g/mol. The van der Waals surface area contributed by atoms with Crippen molar-refractivity contribution in [1.82, 2.24) is 5.32 Å². The van der Waals surface area contributed by atoms with Crippen molar-refractivity contribution in [1.29, 1.82) is 0 Å². The average Bonchev–Trinajstić information content (AvgIpc) is 3.08. The predicted molar refractivity (Wildman–Crippen MR) is 62.8 cm³/mol. The molecule has 2 rings (SSSR count). The molecule has 0 spiro atoms. The number of hydrogen-bond acceptors (Lipinski definition) is 3. The summed E-state index contributed by atoms with van der Waals surface area (Å²) in [5.41, 5.74) is 0.371. The summed E-state index contributed by atoms with van der Waals surface area (Å²) in [5.74, 6) is -0.0270. The first-order chi connectivity index (χ1) is 7.90. The van der Waals surface area contributed by atoms with Gasteiger partial charge in [0, 0.05) is 7.05 Å². The average molecular weight is 254 g/mol. The van der Waals surface area contributed by atoms with E-state index in [1.54, 1.807) is 19.2 Å². The largest absolute Gasteiger partial charge is 0.358 e. The summed E-state index contributed by atoms with van der Waals surface area (Å²) >= 11 is 0. The molecule has 17 heavy (non-hydrogen) atoms. The van der Waals surface area contributed by atoms with Crippen LogP contribution in [0.25, 0.3) is 0 Å². The standard InChI is InChI=1S/C11H14N2O3S/c1-13-10(14)11(6-7-11)8-2-4-9(5-3-8)17(12,15)16/h2-5H,6-7H2,1H3,(H,13,14)(H2,12,15,16). The van der Waals surface area contributed by atoms with Crippen LogP contribution in [-0.4, -0.2) is 21.4 Å². The SMILES string of the molecule is CNC(=O)C1(c2ccc(S(N)(=O)=O)cc2)CC1. The van der Waals surface area contributed by atoms with Crippen LogP contribution >= 0.6 is 0 Å². The number of nitrogens with one attached hydrogen (secondary N) is 1. The van der Waals surface area contributed by atoms with Crippen molar-refractivity contribution in [3.05, 3.63) is 29.8 Å². The Morgan fingerprint density at radius 3 is 2.18 bits per heavy atom. The maximum absolute atomic E-state index is 11.7. The van der Waals surface area contributed by atoms with E-state index in [9.17, 15) is 13.2 Å². The maximum atomic E-state index is 11.7. The minimum absolute atomic E-state index is 0.0270. The van der Waals surface area contributed by atoms with Crippen molar-refractivity contribution in [2.24, 2.45) is 5.14 Å². The van der Waals surface area contributed by atoms with Gasteiger partial charge in [-0.15, -0.1) is 0 Å². The molecule has 0 radical (unpaired) electrons. The van der Waals surface area contributed by atoms with E-state index in [2.05, 4.69) is 5.32 Å². The Kier molecular flexibility index (Phi) is 2.71. The van der Waals surface area contributed by atoms with Crippen molar-refractivity contribution in [2.45, 2.75) is 23.2 Å². The molecule has 1 aliphatic carbocycles. The fourth-order valence-electron chi connectivity index (χ4n) is 1.97. The molecule has 0 saturated heterocycles. The molecule has 0 aliphatic heterocycles. The highest BCUT2D eigenvalue weighted by Gasteiger charge is 2.50. The summed E-state index contributed by atoms with van der Waals surface area (Å²) in [6, 6.07) is 6.19. The quantitative estimate of drug-likeness (QED) is 0.802. The molecule has 1 fully saturated rings. The molecule has 0 bridgehead atoms. The number of carbonyl (C=O) groups excluding carboxylic acids is 1. The van der Waals surface area contributed by atoms with Gasteiger partial charge in [0.05, 0.1) is 10.3 Å². The summed E-state index contributed by atoms with van der Waals surface area (Å²) in [7, 11) is -2.07. The van der Waals surface area contributed by atoms with Gasteiger partial charge in [-0.05, 0) is 30.5 Å². The molecular weight excluding hydrogens is 240 g/mol. The van der Waals surface area contributed by atoms with Crippen molar-refractivity contribution in [2.75, 3.05) is 7.05 Å². The molecule has 1 aromatic carbocycles. The van der Waals surface area contributed by atoms with Gasteiger partial charge in [-0.1, -0.05) is 12.1 Å². The number of benzene rings is 1. The Balaban J connectivity index is 2.34. The number of sulfonamides is 1. The van der Waals surface area contributed by atoms with Gasteiger partial charge in [-0.3, -0.25) is 4.79 Å². The molecule has 5 nitrogen and oxygen atoms in total. The number of rotatable bonds is 3. The Hall–Kier alpha value is -1.40. The lowest BCUT2D eigenvalue weighted by Crippen LogP contribution is -2.31. The van der Waals surface area contributed by atoms with E-state index in [0.29, 0.717) is 0 Å². The van der Waals surface area contributed by atoms with Crippen molar-refractivity contribution in [3.63, 3.8) is 0 Å². The molecule has 92 valence electrons. The maximum Gasteiger partial charge on any atom is 0.238 e. The van der Waals surface area contributed by atoms with Crippen LogP contribution in [0.1, 0.15) is 18.4 Å². The van der Waals surface area contributed by atoms with Gasteiger partial charge < -0.3 is 5.32 Å². The molecule has 0 aromatic heterocycles. The third-order valence-electron chi connectivity index (χ3n) is 3.15. The molecule has 3 N–H and O–H groups in total. The van der Waals surface area contributed by atoms with E-state index in [1.165, 1.54) is 12.1 Å². The fraction of sp³-hybridized carbons (Fsp3) is 0.364. The Labute approximate surface area is 100 Å². The van der Waals surface area contributed by atoms with Crippen molar-refractivity contribution >= 4 is 15.9 Å². The third-order valence-corrected chi connectivity index (χ3v) is 4.08. The van der Waals surface area contributed by atoms with Gasteiger partial charge in [0.2, 0.25) is 15.9 Å². The van der Waals surface area contributed by atoms with Gasteiger partial charge in [0.1, 0.15) is 0 Å². The molecule has 0 heterocycles. The van der Waals surface area contributed by atoms with Crippen LogP contribution in [0.3, 0.4) is 0 Å². The topological polar surface area (TPSA) is 89.3 Å². The van der Waals surface area contributed by atoms with E-state index in [1.807, 2.05) is 0 Å². The lowest BCUT2D eigenvalue weighted by Gasteiger charge is -2.13. The van der Waals surface area contributed by atoms with E-state index in [-0.39, 0.29) is 10.8 Å². The number of likely N-dealkylation sites (N-methyl/N-ethyl adjacent to an activating group) is 1. The van der Waals surface area contributed by atoms with Gasteiger partial charge >= 0.3 is 0 Å². The molecule has 1 aromatic rings. The summed E-state index contributed by atoms with van der Waals surface area (Å²) in [6.45, 7) is 0. The Bertz CT molecular complexity index is 545. The lowest BCUT2D eigenvalue weighted by molar-refractivity contribution is -0.123. The van der Waals surface area contributed by atoms with E-state index in [4.69, 9.17) is 5.14 Å². The van der Waals surface area contributed by atoms with Crippen LogP contribution in [0.2, 0.25) is 0 Å². The molecule has 0 unspecified atom stereocenters. The zero-order valence-electron chi connectivity index (χ0n) is 9.43. The molecule has 1 saturated carbocycles. The summed E-state index contributed by atoms with van der Waals surface area (Å²) in [6.07, 6.45) is 1.59. The smallest absolute Gasteiger partial charge is 0.238 e. The Morgan fingerprint density at radius 1 is 1.29 bits per heavy atom. The number of carbonyl (C=O) groups is 1. The third kappa shape index (κ3) is 2.05. The van der Waals surface area contributed by atoms with Gasteiger partial charge in [0.15, 0.2) is 0 Å². The fourth-order valence-corrected chi connectivity index (χ4v) is 2.49. The van der Waals surface area contributed by atoms with Gasteiger partial charge in [0.25, 0.3) is 0 Å². The lowest BCUT2D eigenvalue weighted by atomic mass is 9.95. The normalized spacial score (nSPS) is 17.5. The minimum Gasteiger partial charge on any atom is -0.358 e. The van der Waals surface area contributed by atoms with Crippen LogP contribution in [0.15, 0.2) is 29.2 Å². The first kappa shape index (κ1) is 12.1. The zero-order chi connectivity index (χ0) is 12.7. The summed E-state index contributed by atoms with van der Waals surface area (Å²) < 4.78 is 22.2. The second-order valence-corrected chi connectivity index (χ2v) is 5.79. The molecule has 6 heteroatoms. The van der Waals surface area contributed by atoms with Crippen LogP contribution in [0.4, 0.5) is 0 Å². The van der Waals surface area contributed by atoms with Crippen LogP contribution in [0, 0.1) is 0 Å². The van der Waals surface area contributed by atoms with Crippen LogP contribution in [-0.2, 0) is 20.2 Å². The van der Waals surface area contributed by atoms with Gasteiger partial charge in [-0.25, -0.2) is 13.6 Å². The first-order valence-electron chi connectivity index (χ1n) is 5.26. The van der Waals surface area contributed by atoms with E-state index >= 15 is 0 Å². The second-order valence-electron chi connectivity index (χ2n) is 4.23. The minimum atomic E-state index is -3.67. The van der Waals surface area contributed by atoms with E-state index < -0.39 is 15.4 Å². The predicted octanol–water partition coefficient (Wildman–Crippen LogP) is 0.112. The van der Waals surface area contributed by atoms with E-state index in [0.717, 1.165) is 18.4 Å². The molecule has 0 atom stereocenters. The second kappa shape index (κ2) is 3.82. The highest BCUT2D eigenvalue weighted by molar-refractivity contribution is 7.89. The number of nitrogens with two attached hydrogens (primary N) is 1. The van der Waals surface area contributed by atoms with Crippen LogP contribution in [0.5, 0.6) is 0 Å². The number of amides is 1. The highest BCUT2D eigenvalue weighted by Crippen LogP contribution is 2.48. The number of primary sulfonamides is 1. The van der Waals surface area contributed by atoms with Crippen molar-refractivity contribution in [3.8, 4) is 0 Å². The molecule has 1 aliphatic rings. The zero-order valence-corrected chi connectivity index (χ0v) is 10.3. The Morgan fingerprint density at radius 2 is 1.82 bits per heavy atom. The molecular formula is C11H14N2O3S. The molecule has 1 amide bonds. The van der Waals surface area contributed by atoms with Gasteiger partial charge in [-0.2, -0.15) is 0 Å². The van der Waals surface area contributed by atoms with Crippen LogP contribution < -0.4 is 10.5 Å².